The summed E-state index contributed by atoms with van der Waals surface area (Å²) in [5, 5.41) is 3.41. The molecule has 0 saturated carbocycles. The van der Waals surface area contributed by atoms with E-state index in [1.807, 2.05) is 4.90 Å². The standard InChI is InChI=1S/C13H16ClF3N2.ClH/c14-10-5-9(6-11(15)7-10)12(8-13(16)17)19-3-1-18-2-4-19;/h5-7,12-13,18H,1-4,8H2;1H/t12-;/m1./s1. The molecular weight excluding hydrogens is 312 g/mol. The fraction of sp³-hybridized carbons (Fsp3) is 0.538. The van der Waals surface area contributed by atoms with Crippen LogP contribution in [0.15, 0.2) is 18.2 Å². The summed E-state index contributed by atoms with van der Waals surface area (Å²) in [7, 11) is 0. The molecular formula is C13H17Cl2F3N2. The first-order chi connectivity index (χ1) is 9.06. The Bertz CT molecular complexity index is 406. The minimum atomic E-state index is -2.43. The molecule has 0 bridgehead atoms. The summed E-state index contributed by atoms with van der Waals surface area (Å²) >= 11 is 5.81. The molecule has 114 valence electrons. The van der Waals surface area contributed by atoms with E-state index in [9.17, 15) is 13.2 Å². The van der Waals surface area contributed by atoms with Gasteiger partial charge < -0.3 is 5.32 Å². The van der Waals surface area contributed by atoms with Crippen molar-refractivity contribution in [2.45, 2.75) is 18.9 Å². The van der Waals surface area contributed by atoms with Crippen molar-refractivity contribution < 1.29 is 13.2 Å². The van der Waals surface area contributed by atoms with E-state index in [2.05, 4.69) is 5.32 Å². The van der Waals surface area contributed by atoms with E-state index in [1.54, 1.807) is 6.07 Å². The summed E-state index contributed by atoms with van der Waals surface area (Å²) < 4.78 is 38.9. The highest BCUT2D eigenvalue weighted by Gasteiger charge is 2.26. The van der Waals surface area contributed by atoms with Crippen LogP contribution in [0.4, 0.5) is 13.2 Å². The number of benzene rings is 1. The van der Waals surface area contributed by atoms with Gasteiger partial charge in [0.05, 0.1) is 0 Å². The van der Waals surface area contributed by atoms with Gasteiger partial charge in [-0.25, -0.2) is 13.2 Å². The molecule has 0 aromatic heterocycles. The molecule has 1 aromatic carbocycles. The summed E-state index contributed by atoms with van der Waals surface area (Å²) in [5.74, 6) is -0.489. The highest BCUT2D eigenvalue weighted by Crippen LogP contribution is 2.30. The lowest BCUT2D eigenvalue weighted by atomic mass is 10.0. The van der Waals surface area contributed by atoms with Crippen molar-refractivity contribution in [2.24, 2.45) is 0 Å². The summed E-state index contributed by atoms with van der Waals surface area (Å²) in [5.41, 5.74) is 0.521. The van der Waals surface area contributed by atoms with Crippen molar-refractivity contribution in [3.05, 3.63) is 34.6 Å². The molecule has 0 aliphatic carbocycles. The maximum absolute atomic E-state index is 13.4. The van der Waals surface area contributed by atoms with Crippen LogP contribution in [0, 0.1) is 5.82 Å². The number of hydrogen-bond donors (Lipinski definition) is 1. The van der Waals surface area contributed by atoms with Crippen LogP contribution in [0.1, 0.15) is 18.0 Å². The first kappa shape index (κ1) is 17.6. The molecule has 1 saturated heterocycles. The van der Waals surface area contributed by atoms with Gasteiger partial charge in [0.1, 0.15) is 5.82 Å². The number of nitrogens with one attached hydrogen (secondary N) is 1. The molecule has 0 radical (unpaired) electrons. The predicted octanol–water partition coefficient (Wildman–Crippen LogP) is 3.50. The Morgan fingerprint density at radius 3 is 2.40 bits per heavy atom. The maximum Gasteiger partial charge on any atom is 0.240 e. The molecule has 1 fully saturated rings. The monoisotopic (exact) mass is 328 g/mol. The molecule has 0 spiro atoms. The zero-order valence-electron chi connectivity index (χ0n) is 10.8. The number of hydrogen-bond acceptors (Lipinski definition) is 2. The summed E-state index contributed by atoms with van der Waals surface area (Å²) in [4.78, 5) is 1.95. The Labute approximate surface area is 127 Å². The van der Waals surface area contributed by atoms with Crippen LogP contribution in [0.5, 0.6) is 0 Å². The third-order valence-corrected chi connectivity index (χ3v) is 3.48. The Kier molecular flexibility index (Phi) is 7.09. The molecule has 1 aliphatic heterocycles. The number of rotatable bonds is 4. The molecule has 0 unspecified atom stereocenters. The van der Waals surface area contributed by atoms with Gasteiger partial charge in [0, 0.05) is 43.7 Å². The number of piperazine rings is 1. The first-order valence-electron chi connectivity index (χ1n) is 6.25. The Hall–Kier alpha value is -0.490. The Balaban J connectivity index is 0.00000200. The van der Waals surface area contributed by atoms with Crippen LogP contribution >= 0.6 is 24.0 Å². The van der Waals surface area contributed by atoms with Gasteiger partial charge in [0.2, 0.25) is 6.43 Å². The molecule has 1 heterocycles. The highest BCUT2D eigenvalue weighted by atomic mass is 35.5. The quantitative estimate of drug-likeness (QED) is 0.910. The van der Waals surface area contributed by atoms with E-state index >= 15 is 0 Å². The van der Waals surface area contributed by atoms with Crippen LogP contribution in [0.2, 0.25) is 5.02 Å². The van der Waals surface area contributed by atoms with Crippen molar-refractivity contribution >= 4 is 24.0 Å². The van der Waals surface area contributed by atoms with Gasteiger partial charge in [0.25, 0.3) is 0 Å². The third-order valence-electron chi connectivity index (χ3n) is 3.26. The van der Waals surface area contributed by atoms with E-state index in [0.29, 0.717) is 18.7 Å². The van der Waals surface area contributed by atoms with E-state index in [4.69, 9.17) is 11.6 Å². The zero-order chi connectivity index (χ0) is 13.8. The molecule has 1 atom stereocenters. The Morgan fingerprint density at radius 1 is 1.20 bits per heavy atom. The van der Waals surface area contributed by atoms with Crippen molar-refractivity contribution in [3.63, 3.8) is 0 Å². The average Bonchev–Trinajstić information content (AvgIpc) is 2.35. The normalized spacial score (nSPS) is 17.9. The second kappa shape index (κ2) is 8.08. The van der Waals surface area contributed by atoms with Crippen molar-refractivity contribution in [1.82, 2.24) is 10.2 Å². The second-order valence-electron chi connectivity index (χ2n) is 4.63. The second-order valence-corrected chi connectivity index (χ2v) is 5.07. The lowest BCUT2D eigenvalue weighted by Crippen LogP contribution is -2.45. The van der Waals surface area contributed by atoms with Gasteiger partial charge in [-0.05, 0) is 23.8 Å². The molecule has 2 nitrogen and oxygen atoms in total. The molecule has 7 heteroatoms. The fourth-order valence-corrected chi connectivity index (χ4v) is 2.66. The maximum atomic E-state index is 13.4. The smallest absolute Gasteiger partial charge is 0.240 e. The Morgan fingerprint density at radius 2 is 1.85 bits per heavy atom. The SMILES string of the molecule is Cl.Fc1cc(Cl)cc([C@@H](CC(F)F)N2CCNCC2)c1. The van der Waals surface area contributed by atoms with E-state index in [0.717, 1.165) is 13.1 Å². The minimum Gasteiger partial charge on any atom is -0.314 e. The van der Waals surface area contributed by atoms with Gasteiger partial charge in [-0.3, -0.25) is 4.90 Å². The predicted molar refractivity (Wildman–Crippen MR) is 76.5 cm³/mol. The van der Waals surface area contributed by atoms with Gasteiger partial charge in [-0.1, -0.05) is 11.6 Å². The zero-order valence-corrected chi connectivity index (χ0v) is 12.4. The molecule has 20 heavy (non-hydrogen) atoms. The van der Waals surface area contributed by atoms with Gasteiger partial charge in [-0.2, -0.15) is 0 Å². The molecule has 1 N–H and O–H groups in total. The van der Waals surface area contributed by atoms with E-state index in [-0.39, 0.29) is 23.9 Å². The fourth-order valence-electron chi connectivity index (χ4n) is 2.43. The van der Waals surface area contributed by atoms with Crippen LogP contribution in [-0.2, 0) is 0 Å². The van der Waals surface area contributed by atoms with Crippen molar-refractivity contribution in [3.8, 4) is 0 Å². The lowest BCUT2D eigenvalue weighted by Gasteiger charge is -2.35. The summed E-state index contributed by atoms with van der Waals surface area (Å²) in [6.07, 6.45) is -2.73. The van der Waals surface area contributed by atoms with Crippen LogP contribution < -0.4 is 5.32 Å². The average molecular weight is 329 g/mol. The van der Waals surface area contributed by atoms with E-state index in [1.165, 1.54) is 12.1 Å². The van der Waals surface area contributed by atoms with Gasteiger partial charge in [-0.15, -0.1) is 12.4 Å². The number of nitrogens with zero attached hydrogens (tertiary/aromatic N) is 1. The van der Waals surface area contributed by atoms with Crippen molar-refractivity contribution in [2.75, 3.05) is 26.2 Å². The minimum absolute atomic E-state index is 0. The van der Waals surface area contributed by atoms with Gasteiger partial charge >= 0.3 is 0 Å². The molecule has 2 rings (SSSR count). The lowest BCUT2D eigenvalue weighted by molar-refractivity contribution is 0.0738. The van der Waals surface area contributed by atoms with E-state index < -0.39 is 18.3 Å². The number of halogens is 5. The third kappa shape index (κ3) is 4.81. The highest BCUT2D eigenvalue weighted by molar-refractivity contribution is 6.30. The molecule has 0 amide bonds. The van der Waals surface area contributed by atoms with Crippen molar-refractivity contribution in [1.29, 1.82) is 0 Å². The number of alkyl halides is 2. The first-order valence-corrected chi connectivity index (χ1v) is 6.63. The van der Waals surface area contributed by atoms with Crippen LogP contribution in [0.3, 0.4) is 0 Å². The van der Waals surface area contributed by atoms with Gasteiger partial charge in [0.15, 0.2) is 0 Å². The van der Waals surface area contributed by atoms with Crippen LogP contribution in [-0.4, -0.2) is 37.5 Å². The molecule has 1 aliphatic rings. The summed E-state index contributed by atoms with van der Waals surface area (Å²) in [6, 6.07) is 3.55. The molecule has 1 aromatic rings. The van der Waals surface area contributed by atoms with Crippen LogP contribution in [0.25, 0.3) is 0 Å². The largest absolute Gasteiger partial charge is 0.314 e. The topological polar surface area (TPSA) is 15.3 Å². The summed E-state index contributed by atoms with van der Waals surface area (Å²) in [6.45, 7) is 2.85.